The molecule has 2 fully saturated rings. The van der Waals surface area contributed by atoms with Crippen LogP contribution in [0.15, 0.2) is 29.6 Å². The number of ether oxygens (including phenoxy) is 1. The minimum absolute atomic E-state index is 0.126. The van der Waals surface area contributed by atoms with Gasteiger partial charge in [0.2, 0.25) is 5.91 Å². The molecule has 3 heterocycles. The van der Waals surface area contributed by atoms with Crippen molar-refractivity contribution >= 4 is 23.3 Å². The second-order valence-corrected chi connectivity index (χ2v) is 8.96. The maximum absolute atomic E-state index is 12.9. The summed E-state index contributed by atoms with van der Waals surface area (Å²) < 4.78 is 5.22. The standard InChI is InChI=1S/C22H29N5O3S/c1-30-19-6-4-16(5-7-19)20-24-18(15-31-20)14-25-9-11-26(12-10-25)21(28)17-3-2-8-27(13-17)22(23)29/h4-7,15,17H,2-3,8-14H2,1H3,(H2,23,29). The van der Waals surface area contributed by atoms with Crippen LogP contribution < -0.4 is 10.5 Å². The van der Waals surface area contributed by atoms with Crippen LogP contribution in [-0.2, 0) is 11.3 Å². The summed E-state index contributed by atoms with van der Waals surface area (Å²) >= 11 is 1.65. The number of primary amides is 1. The van der Waals surface area contributed by atoms with Crippen molar-refractivity contribution in [2.75, 3.05) is 46.4 Å². The van der Waals surface area contributed by atoms with Crippen molar-refractivity contribution in [3.63, 3.8) is 0 Å². The second-order valence-electron chi connectivity index (χ2n) is 8.10. The Bertz CT molecular complexity index is 908. The fourth-order valence-corrected chi connectivity index (χ4v) is 5.06. The van der Waals surface area contributed by atoms with Gasteiger partial charge in [-0.1, -0.05) is 0 Å². The molecule has 2 aromatic rings. The third kappa shape index (κ3) is 5.16. The molecule has 1 aromatic heterocycles. The molecule has 31 heavy (non-hydrogen) atoms. The number of hydrogen-bond acceptors (Lipinski definition) is 6. The Hall–Kier alpha value is -2.65. The minimum atomic E-state index is -0.431. The van der Waals surface area contributed by atoms with E-state index in [0.717, 1.165) is 54.5 Å². The van der Waals surface area contributed by atoms with Crippen molar-refractivity contribution < 1.29 is 14.3 Å². The van der Waals surface area contributed by atoms with Crippen LogP contribution in [0.5, 0.6) is 5.75 Å². The lowest BCUT2D eigenvalue weighted by Crippen LogP contribution is -2.53. The van der Waals surface area contributed by atoms with E-state index in [1.54, 1.807) is 23.3 Å². The van der Waals surface area contributed by atoms with E-state index >= 15 is 0 Å². The van der Waals surface area contributed by atoms with Gasteiger partial charge in [-0.3, -0.25) is 9.69 Å². The molecule has 0 saturated carbocycles. The van der Waals surface area contributed by atoms with Crippen LogP contribution in [0.2, 0.25) is 0 Å². The van der Waals surface area contributed by atoms with Gasteiger partial charge < -0.3 is 20.3 Å². The van der Waals surface area contributed by atoms with E-state index in [4.69, 9.17) is 15.5 Å². The molecule has 1 unspecified atom stereocenters. The predicted octanol–water partition coefficient (Wildman–Crippen LogP) is 2.25. The number of nitrogens with zero attached hydrogens (tertiary/aromatic N) is 4. The van der Waals surface area contributed by atoms with Crippen LogP contribution in [-0.4, -0.2) is 78.0 Å². The van der Waals surface area contributed by atoms with Crippen molar-refractivity contribution in [2.45, 2.75) is 19.4 Å². The van der Waals surface area contributed by atoms with Crippen LogP contribution in [0.4, 0.5) is 4.79 Å². The van der Waals surface area contributed by atoms with Crippen LogP contribution in [0.1, 0.15) is 18.5 Å². The molecule has 2 N–H and O–H groups in total. The quantitative estimate of drug-likeness (QED) is 0.765. The predicted molar refractivity (Wildman–Crippen MR) is 120 cm³/mol. The van der Waals surface area contributed by atoms with E-state index in [-0.39, 0.29) is 11.8 Å². The molecule has 0 aliphatic carbocycles. The van der Waals surface area contributed by atoms with Gasteiger partial charge in [0.1, 0.15) is 10.8 Å². The van der Waals surface area contributed by atoms with Gasteiger partial charge in [0.15, 0.2) is 0 Å². The highest BCUT2D eigenvalue weighted by atomic mass is 32.1. The van der Waals surface area contributed by atoms with E-state index in [1.807, 2.05) is 29.2 Å². The number of benzene rings is 1. The minimum Gasteiger partial charge on any atom is -0.497 e. The van der Waals surface area contributed by atoms with E-state index in [1.165, 1.54) is 0 Å². The number of carbonyl (C=O) groups excluding carboxylic acids is 2. The smallest absolute Gasteiger partial charge is 0.314 e. The van der Waals surface area contributed by atoms with E-state index in [2.05, 4.69) is 10.3 Å². The number of likely N-dealkylation sites (tertiary alicyclic amines) is 1. The molecular weight excluding hydrogens is 414 g/mol. The lowest BCUT2D eigenvalue weighted by Gasteiger charge is -2.38. The number of methoxy groups -OCH3 is 1. The monoisotopic (exact) mass is 443 g/mol. The first-order chi connectivity index (χ1) is 15.0. The molecule has 2 aliphatic heterocycles. The average Bonchev–Trinajstić information content (AvgIpc) is 3.27. The van der Waals surface area contributed by atoms with Gasteiger partial charge in [-0.2, -0.15) is 0 Å². The SMILES string of the molecule is COc1ccc(-c2nc(CN3CCN(C(=O)C4CCCN(C(N)=O)C4)CC3)cs2)cc1. The Morgan fingerprint density at radius 1 is 1.13 bits per heavy atom. The van der Waals surface area contributed by atoms with Crippen LogP contribution in [0.25, 0.3) is 10.6 Å². The average molecular weight is 444 g/mol. The lowest BCUT2D eigenvalue weighted by atomic mass is 9.96. The summed E-state index contributed by atoms with van der Waals surface area (Å²) in [4.78, 5) is 35.0. The Morgan fingerprint density at radius 2 is 1.87 bits per heavy atom. The van der Waals surface area contributed by atoms with Crippen molar-refractivity contribution in [3.8, 4) is 16.3 Å². The van der Waals surface area contributed by atoms with Crippen molar-refractivity contribution in [2.24, 2.45) is 11.7 Å². The zero-order chi connectivity index (χ0) is 21.8. The Morgan fingerprint density at radius 3 is 2.55 bits per heavy atom. The number of piperazine rings is 1. The molecule has 0 spiro atoms. The normalized spacial score (nSPS) is 20.0. The molecule has 2 saturated heterocycles. The lowest BCUT2D eigenvalue weighted by molar-refractivity contribution is -0.138. The molecule has 1 atom stereocenters. The third-order valence-electron chi connectivity index (χ3n) is 6.04. The van der Waals surface area contributed by atoms with Crippen LogP contribution >= 0.6 is 11.3 Å². The third-order valence-corrected chi connectivity index (χ3v) is 6.98. The van der Waals surface area contributed by atoms with Gasteiger partial charge >= 0.3 is 6.03 Å². The molecule has 1 aromatic carbocycles. The maximum atomic E-state index is 12.9. The largest absolute Gasteiger partial charge is 0.497 e. The number of nitrogens with two attached hydrogens (primary N) is 1. The van der Waals surface area contributed by atoms with Gasteiger partial charge in [-0.25, -0.2) is 9.78 Å². The molecule has 0 radical (unpaired) electrons. The highest BCUT2D eigenvalue weighted by molar-refractivity contribution is 7.13. The molecule has 2 aliphatic rings. The number of aromatic nitrogens is 1. The van der Waals surface area contributed by atoms with Gasteiger partial charge in [0.25, 0.3) is 0 Å². The first kappa shape index (κ1) is 21.6. The summed E-state index contributed by atoms with van der Waals surface area (Å²) in [5, 5.41) is 3.11. The van der Waals surface area contributed by atoms with Crippen molar-refractivity contribution in [1.29, 1.82) is 0 Å². The zero-order valence-electron chi connectivity index (χ0n) is 17.8. The van der Waals surface area contributed by atoms with Gasteiger partial charge in [0, 0.05) is 56.8 Å². The highest BCUT2D eigenvalue weighted by Crippen LogP contribution is 2.26. The van der Waals surface area contributed by atoms with Gasteiger partial charge in [-0.15, -0.1) is 11.3 Å². The van der Waals surface area contributed by atoms with Gasteiger partial charge in [-0.05, 0) is 37.1 Å². The molecular formula is C22H29N5O3S. The molecule has 9 heteroatoms. The topological polar surface area (TPSA) is 92.0 Å². The number of thiazole rings is 1. The summed E-state index contributed by atoms with van der Waals surface area (Å²) in [5.74, 6) is 0.864. The van der Waals surface area contributed by atoms with Crippen molar-refractivity contribution in [3.05, 3.63) is 35.3 Å². The zero-order valence-corrected chi connectivity index (χ0v) is 18.6. The Balaban J connectivity index is 1.28. The summed E-state index contributed by atoms with van der Waals surface area (Å²) in [6.45, 7) is 4.96. The molecule has 0 bridgehead atoms. The number of carbonyl (C=O) groups is 2. The summed E-state index contributed by atoms with van der Waals surface area (Å²) in [7, 11) is 1.66. The Labute approximate surface area is 186 Å². The molecule has 8 nitrogen and oxygen atoms in total. The fraction of sp³-hybridized carbons (Fsp3) is 0.500. The number of rotatable bonds is 5. The number of amides is 3. The van der Waals surface area contributed by atoms with Crippen LogP contribution in [0.3, 0.4) is 0 Å². The van der Waals surface area contributed by atoms with E-state index in [9.17, 15) is 9.59 Å². The highest BCUT2D eigenvalue weighted by Gasteiger charge is 2.32. The molecule has 4 rings (SSSR count). The summed E-state index contributed by atoms with van der Waals surface area (Å²) in [6.07, 6.45) is 1.66. The number of hydrogen-bond donors (Lipinski definition) is 1. The van der Waals surface area contributed by atoms with Crippen LogP contribution in [0, 0.1) is 5.92 Å². The number of urea groups is 1. The first-order valence-electron chi connectivity index (χ1n) is 10.7. The number of piperidine rings is 1. The fourth-order valence-electron chi connectivity index (χ4n) is 4.24. The summed E-state index contributed by atoms with van der Waals surface area (Å²) in [6, 6.07) is 7.51. The van der Waals surface area contributed by atoms with Crippen molar-refractivity contribution in [1.82, 2.24) is 19.7 Å². The Kier molecular flexibility index (Phi) is 6.72. The molecule has 166 valence electrons. The second kappa shape index (κ2) is 9.65. The maximum Gasteiger partial charge on any atom is 0.314 e. The van der Waals surface area contributed by atoms with E-state index in [0.29, 0.717) is 26.2 Å². The van der Waals surface area contributed by atoms with Gasteiger partial charge in [0.05, 0.1) is 18.7 Å². The summed E-state index contributed by atoms with van der Waals surface area (Å²) in [5.41, 5.74) is 7.54. The molecule has 3 amide bonds. The van der Waals surface area contributed by atoms with E-state index < -0.39 is 6.03 Å². The first-order valence-corrected chi connectivity index (χ1v) is 11.6.